The summed E-state index contributed by atoms with van der Waals surface area (Å²) in [5.41, 5.74) is 4.23. The van der Waals surface area contributed by atoms with Crippen LogP contribution in [0.15, 0.2) is 67.3 Å². The van der Waals surface area contributed by atoms with Crippen LogP contribution in [-0.2, 0) is 12.8 Å². The van der Waals surface area contributed by atoms with Gasteiger partial charge in [0.25, 0.3) is 0 Å². The molecule has 134 valence electrons. The average molecular weight is 352 g/mol. The van der Waals surface area contributed by atoms with Gasteiger partial charge in [-0.25, -0.2) is 0 Å². The highest BCUT2D eigenvalue weighted by atomic mass is 19.3. The fraction of sp³-hybridized carbons (Fsp3) is 0.217. The van der Waals surface area contributed by atoms with Crippen molar-refractivity contribution in [3.8, 4) is 16.9 Å². The van der Waals surface area contributed by atoms with Crippen molar-refractivity contribution in [3.63, 3.8) is 0 Å². The minimum atomic E-state index is -2.84. The molecule has 0 aliphatic rings. The highest BCUT2D eigenvalue weighted by Crippen LogP contribution is 2.34. The standard InChI is InChI=1S/C23H22F2O/c1-3-5-6-18-11-12-20-15-19(17-9-7-16(4-2)8-10-17)13-14-21(20)22(18)26-23(24)25/h3,7-15,23H,1,4-6H2,2H3. The molecule has 0 N–H and O–H groups in total. The van der Waals surface area contributed by atoms with Crippen LogP contribution in [0.2, 0.25) is 0 Å². The lowest BCUT2D eigenvalue weighted by Gasteiger charge is -2.14. The maximum atomic E-state index is 12.9. The predicted molar refractivity (Wildman–Crippen MR) is 104 cm³/mol. The summed E-state index contributed by atoms with van der Waals surface area (Å²) in [6.07, 6.45) is 4.12. The van der Waals surface area contributed by atoms with Gasteiger partial charge in [-0.15, -0.1) is 6.58 Å². The Morgan fingerprint density at radius 1 is 1.00 bits per heavy atom. The molecule has 3 heteroatoms. The Hall–Kier alpha value is -2.68. The first kappa shape index (κ1) is 18.1. The Balaban J connectivity index is 2.05. The van der Waals surface area contributed by atoms with E-state index >= 15 is 0 Å². The van der Waals surface area contributed by atoms with Crippen molar-refractivity contribution in [2.75, 3.05) is 0 Å². The van der Waals surface area contributed by atoms with Crippen molar-refractivity contribution in [1.29, 1.82) is 0 Å². The number of hydrogen-bond donors (Lipinski definition) is 0. The highest BCUT2D eigenvalue weighted by Gasteiger charge is 2.14. The average Bonchev–Trinajstić information content (AvgIpc) is 2.66. The third kappa shape index (κ3) is 3.93. The lowest BCUT2D eigenvalue weighted by Crippen LogP contribution is -2.05. The van der Waals surface area contributed by atoms with Gasteiger partial charge in [0, 0.05) is 5.39 Å². The first-order chi connectivity index (χ1) is 12.6. The zero-order valence-corrected chi connectivity index (χ0v) is 14.8. The number of ether oxygens (including phenoxy) is 1. The normalized spacial score (nSPS) is 11.1. The number of fused-ring (bicyclic) bond motifs is 1. The number of allylic oxidation sites excluding steroid dienone is 1. The first-order valence-corrected chi connectivity index (χ1v) is 8.83. The number of rotatable bonds is 7. The van der Waals surface area contributed by atoms with E-state index in [1.165, 1.54) is 5.56 Å². The summed E-state index contributed by atoms with van der Waals surface area (Å²) < 4.78 is 30.7. The van der Waals surface area contributed by atoms with Crippen LogP contribution in [0.25, 0.3) is 21.9 Å². The van der Waals surface area contributed by atoms with Crippen molar-refractivity contribution in [3.05, 3.63) is 78.4 Å². The van der Waals surface area contributed by atoms with Gasteiger partial charge < -0.3 is 4.74 Å². The number of halogens is 2. The van der Waals surface area contributed by atoms with E-state index in [-0.39, 0.29) is 5.75 Å². The van der Waals surface area contributed by atoms with Gasteiger partial charge >= 0.3 is 6.61 Å². The third-order valence-corrected chi connectivity index (χ3v) is 4.57. The molecule has 0 aromatic heterocycles. The van der Waals surface area contributed by atoms with E-state index in [0.717, 1.165) is 28.5 Å². The predicted octanol–water partition coefficient (Wildman–Crippen LogP) is 6.79. The molecule has 0 atom stereocenters. The summed E-state index contributed by atoms with van der Waals surface area (Å²) in [4.78, 5) is 0. The zero-order chi connectivity index (χ0) is 18.5. The molecule has 0 unspecified atom stereocenters. The van der Waals surface area contributed by atoms with Gasteiger partial charge in [-0.3, -0.25) is 0 Å². The molecule has 26 heavy (non-hydrogen) atoms. The molecule has 0 saturated heterocycles. The minimum absolute atomic E-state index is 0.271. The van der Waals surface area contributed by atoms with Gasteiger partial charge in [-0.05, 0) is 53.0 Å². The molecule has 0 saturated carbocycles. The van der Waals surface area contributed by atoms with Gasteiger partial charge in [0.2, 0.25) is 0 Å². The Labute approximate surface area is 152 Å². The molecular weight excluding hydrogens is 330 g/mol. The molecule has 1 nitrogen and oxygen atoms in total. The lowest BCUT2D eigenvalue weighted by atomic mass is 9.97. The molecule has 0 aliphatic heterocycles. The summed E-state index contributed by atoms with van der Waals surface area (Å²) in [7, 11) is 0. The van der Waals surface area contributed by atoms with Crippen molar-refractivity contribution < 1.29 is 13.5 Å². The Bertz CT molecular complexity index is 898. The molecule has 3 aromatic rings. The number of hydrogen-bond acceptors (Lipinski definition) is 1. The monoisotopic (exact) mass is 352 g/mol. The van der Waals surface area contributed by atoms with Gasteiger partial charge in [0.15, 0.2) is 0 Å². The van der Waals surface area contributed by atoms with Gasteiger partial charge in [-0.2, -0.15) is 8.78 Å². The van der Waals surface area contributed by atoms with Gasteiger partial charge in [-0.1, -0.05) is 61.5 Å². The van der Waals surface area contributed by atoms with E-state index in [2.05, 4.69) is 37.8 Å². The van der Waals surface area contributed by atoms with Crippen LogP contribution in [0.4, 0.5) is 8.78 Å². The van der Waals surface area contributed by atoms with E-state index in [9.17, 15) is 8.78 Å². The summed E-state index contributed by atoms with van der Waals surface area (Å²) in [5, 5.41) is 1.60. The van der Waals surface area contributed by atoms with Gasteiger partial charge in [0.05, 0.1) is 0 Å². The van der Waals surface area contributed by atoms with Crippen molar-refractivity contribution >= 4 is 10.8 Å². The van der Waals surface area contributed by atoms with Crippen LogP contribution in [0.1, 0.15) is 24.5 Å². The van der Waals surface area contributed by atoms with E-state index < -0.39 is 6.61 Å². The summed E-state index contributed by atoms with van der Waals surface area (Å²) in [5.74, 6) is 0.271. The van der Waals surface area contributed by atoms with E-state index in [1.54, 1.807) is 6.08 Å². The smallest absolute Gasteiger partial charge is 0.387 e. The van der Waals surface area contributed by atoms with Crippen LogP contribution < -0.4 is 4.74 Å². The Morgan fingerprint density at radius 2 is 1.73 bits per heavy atom. The van der Waals surface area contributed by atoms with Crippen molar-refractivity contribution in [2.45, 2.75) is 32.8 Å². The molecule has 3 rings (SSSR count). The van der Waals surface area contributed by atoms with Crippen LogP contribution in [0, 0.1) is 0 Å². The molecule has 0 radical (unpaired) electrons. The van der Waals surface area contributed by atoms with Crippen LogP contribution in [-0.4, -0.2) is 6.61 Å². The van der Waals surface area contributed by atoms with E-state index in [1.807, 2.05) is 30.3 Å². The maximum Gasteiger partial charge on any atom is 0.387 e. The lowest BCUT2D eigenvalue weighted by molar-refractivity contribution is -0.0493. The second kappa shape index (κ2) is 8.13. The third-order valence-electron chi connectivity index (χ3n) is 4.57. The maximum absolute atomic E-state index is 12.9. The largest absolute Gasteiger partial charge is 0.434 e. The molecule has 0 fully saturated rings. The van der Waals surface area contributed by atoms with E-state index in [0.29, 0.717) is 18.2 Å². The van der Waals surface area contributed by atoms with Crippen LogP contribution in [0.3, 0.4) is 0 Å². The first-order valence-electron chi connectivity index (χ1n) is 8.83. The molecule has 0 heterocycles. The molecule has 0 aliphatic carbocycles. The molecule has 0 spiro atoms. The molecular formula is C23H22F2O. The minimum Gasteiger partial charge on any atom is -0.434 e. The zero-order valence-electron chi connectivity index (χ0n) is 14.8. The Morgan fingerprint density at radius 3 is 2.38 bits per heavy atom. The van der Waals surface area contributed by atoms with Crippen molar-refractivity contribution in [2.24, 2.45) is 0 Å². The van der Waals surface area contributed by atoms with E-state index in [4.69, 9.17) is 4.74 Å². The van der Waals surface area contributed by atoms with Crippen molar-refractivity contribution in [1.82, 2.24) is 0 Å². The second-order valence-electron chi connectivity index (χ2n) is 6.25. The van der Waals surface area contributed by atoms with Crippen LogP contribution >= 0.6 is 0 Å². The summed E-state index contributed by atoms with van der Waals surface area (Å²) in [6, 6.07) is 18.1. The fourth-order valence-electron chi connectivity index (χ4n) is 3.14. The fourth-order valence-corrected chi connectivity index (χ4v) is 3.14. The van der Waals surface area contributed by atoms with Crippen LogP contribution in [0.5, 0.6) is 5.75 Å². The SMILES string of the molecule is C=CCCc1ccc2cc(-c3ccc(CC)cc3)ccc2c1OC(F)F. The second-order valence-corrected chi connectivity index (χ2v) is 6.25. The number of alkyl halides is 2. The summed E-state index contributed by atoms with van der Waals surface area (Å²) >= 11 is 0. The highest BCUT2D eigenvalue weighted by molar-refractivity contribution is 5.93. The van der Waals surface area contributed by atoms with Gasteiger partial charge in [0.1, 0.15) is 5.75 Å². The number of aryl methyl sites for hydroxylation is 2. The topological polar surface area (TPSA) is 9.23 Å². The summed E-state index contributed by atoms with van der Waals surface area (Å²) in [6.45, 7) is 2.98. The molecule has 0 bridgehead atoms. The quantitative estimate of drug-likeness (QED) is 0.425. The Kier molecular flexibility index (Phi) is 5.67. The molecule has 3 aromatic carbocycles. The molecule has 0 amide bonds. The number of benzene rings is 3.